The number of nitrogens with one attached hydrogen (secondary N) is 1. The molecule has 3 rings (SSSR count). The molecule has 2 N–H and O–H groups in total. The van der Waals surface area contributed by atoms with Crippen LogP contribution in [0.5, 0.6) is 11.5 Å². The molecule has 0 unspecified atom stereocenters. The summed E-state index contributed by atoms with van der Waals surface area (Å²) in [6.07, 6.45) is 1.61. The Morgan fingerprint density at radius 1 is 1.19 bits per heavy atom. The number of carbonyl (C=O) groups excluding carboxylic acids is 2. The highest BCUT2D eigenvalue weighted by Gasteiger charge is 2.34. The van der Waals surface area contributed by atoms with Gasteiger partial charge in [0.1, 0.15) is 0 Å². The number of hydrazine groups is 1. The molecule has 0 atom stereocenters. The molecule has 1 aliphatic heterocycles. The summed E-state index contributed by atoms with van der Waals surface area (Å²) in [5.74, 6) is -1.35. The number of thiocarbonyl (C=S) groups is 1. The Balaban J connectivity index is 1.79. The van der Waals surface area contributed by atoms with Crippen LogP contribution in [0, 0.1) is 6.92 Å². The molecule has 2 aromatic rings. The van der Waals surface area contributed by atoms with Crippen molar-refractivity contribution >= 4 is 52.2 Å². The average molecular weight is 473 g/mol. The first-order valence-corrected chi connectivity index (χ1v) is 10.8. The molecule has 0 radical (unpaired) electrons. The van der Waals surface area contributed by atoms with Crippen molar-refractivity contribution in [2.75, 3.05) is 13.2 Å². The van der Waals surface area contributed by atoms with Crippen molar-refractivity contribution in [3.05, 3.63) is 64.1 Å². The highest BCUT2D eigenvalue weighted by atomic mass is 32.2. The highest BCUT2D eigenvalue weighted by Crippen LogP contribution is 2.34. The van der Waals surface area contributed by atoms with E-state index in [4.69, 9.17) is 26.8 Å². The number of nitrogens with zero attached hydrogens (tertiary/aromatic N) is 1. The van der Waals surface area contributed by atoms with Gasteiger partial charge in [-0.2, -0.15) is 5.01 Å². The van der Waals surface area contributed by atoms with Gasteiger partial charge in [0.15, 0.2) is 22.4 Å². The van der Waals surface area contributed by atoms with E-state index in [9.17, 15) is 14.4 Å². The molecule has 0 saturated carbocycles. The second-order valence-corrected chi connectivity index (χ2v) is 8.27. The molecule has 0 bridgehead atoms. The number of carboxylic acids is 1. The number of carbonyl (C=O) groups is 3. The summed E-state index contributed by atoms with van der Waals surface area (Å²) in [4.78, 5) is 36.5. The van der Waals surface area contributed by atoms with E-state index in [0.29, 0.717) is 28.4 Å². The van der Waals surface area contributed by atoms with Gasteiger partial charge >= 0.3 is 5.97 Å². The summed E-state index contributed by atoms with van der Waals surface area (Å²) >= 11 is 6.33. The van der Waals surface area contributed by atoms with Crippen LogP contribution in [0.1, 0.15) is 28.4 Å². The molecule has 166 valence electrons. The SMILES string of the molecule is CCOc1cc(/C=C2/SC(=S)N(NC(=O)c3ccccc3C)C2=O)ccc1OCC(=O)O. The molecule has 8 nitrogen and oxygen atoms in total. The van der Waals surface area contributed by atoms with E-state index in [1.165, 1.54) is 0 Å². The van der Waals surface area contributed by atoms with Gasteiger partial charge in [0.25, 0.3) is 11.8 Å². The smallest absolute Gasteiger partial charge is 0.341 e. The number of rotatable bonds is 8. The van der Waals surface area contributed by atoms with Crippen molar-refractivity contribution in [1.82, 2.24) is 10.4 Å². The van der Waals surface area contributed by atoms with Crippen LogP contribution in [-0.4, -0.2) is 45.4 Å². The number of hydrogen-bond acceptors (Lipinski definition) is 7. The van der Waals surface area contributed by atoms with Crippen molar-refractivity contribution in [2.45, 2.75) is 13.8 Å². The van der Waals surface area contributed by atoms with Crippen LogP contribution in [0.2, 0.25) is 0 Å². The van der Waals surface area contributed by atoms with Crippen molar-refractivity contribution in [2.24, 2.45) is 0 Å². The van der Waals surface area contributed by atoms with E-state index < -0.39 is 24.4 Å². The average Bonchev–Trinajstić information content (AvgIpc) is 3.01. The molecule has 32 heavy (non-hydrogen) atoms. The second-order valence-electron chi connectivity index (χ2n) is 6.59. The Morgan fingerprint density at radius 2 is 1.94 bits per heavy atom. The number of amides is 2. The quantitative estimate of drug-likeness (QED) is 0.445. The first kappa shape index (κ1) is 23.3. The minimum absolute atomic E-state index is 0.203. The molecule has 2 aromatic carbocycles. The number of thioether (sulfide) groups is 1. The zero-order valence-corrected chi connectivity index (χ0v) is 18.9. The van der Waals surface area contributed by atoms with Gasteiger partial charge in [-0.15, -0.1) is 0 Å². The lowest BCUT2D eigenvalue weighted by Gasteiger charge is -2.16. The third-order valence-electron chi connectivity index (χ3n) is 4.31. The predicted molar refractivity (Wildman–Crippen MR) is 124 cm³/mol. The predicted octanol–water partition coefficient (Wildman–Crippen LogP) is 3.40. The van der Waals surface area contributed by atoms with Gasteiger partial charge in [-0.3, -0.25) is 15.0 Å². The van der Waals surface area contributed by atoms with Gasteiger partial charge in [0, 0.05) is 5.56 Å². The largest absolute Gasteiger partial charge is 0.490 e. The molecule has 1 aliphatic rings. The lowest BCUT2D eigenvalue weighted by Crippen LogP contribution is -2.45. The zero-order valence-electron chi connectivity index (χ0n) is 17.3. The summed E-state index contributed by atoms with van der Waals surface area (Å²) in [5.41, 5.74) is 4.41. The van der Waals surface area contributed by atoms with Crippen molar-refractivity contribution in [3.63, 3.8) is 0 Å². The number of aliphatic carboxylic acids is 1. The first-order chi connectivity index (χ1) is 15.3. The molecule has 1 fully saturated rings. The Hall–Kier alpha value is -3.37. The summed E-state index contributed by atoms with van der Waals surface area (Å²) in [5, 5.41) is 9.86. The maximum absolute atomic E-state index is 12.8. The Morgan fingerprint density at radius 3 is 2.62 bits per heavy atom. The fraction of sp³-hybridized carbons (Fsp3) is 0.182. The van der Waals surface area contributed by atoms with Crippen LogP contribution in [0.3, 0.4) is 0 Å². The van der Waals surface area contributed by atoms with Crippen LogP contribution < -0.4 is 14.9 Å². The molecular weight excluding hydrogens is 452 g/mol. The van der Waals surface area contributed by atoms with Crippen molar-refractivity contribution < 1.29 is 29.0 Å². The monoisotopic (exact) mass is 472 g/mol. The Kier molecular flexibility index (Phi) is 7.49. The van der Waals surface area contributed by atoms with E-state index in [1.807, 2.05) is 6.07 Å². The normalized spacial score (nSPS) is 14.6. The maximum atomic E-state index is 12.8. The van der Waals surface area contributed by atoms with Gasteiger partial charge in [-0.25, -0.2) is 4.79 Å². The van der Waals surface area contributed by atoms with Gasteiger partial charge in [-0.1, -0.05) is 36.0 Å². The molecule has 2 amide bonds. The molecule has 1 saturated heterocycles. The first-order valence-electron chi connectivity index (χ1n) is 9.56. The maximum Gasteiger partial charge on any atom is 0.341 e. The van der Waals surface area contributed by atoms with Gasteiger partial charge < -0.3 is 14.6 Å². The summed E-state index contributed by atoms with van der Waals surface area (Å²) in [6, 6.07) is 11.9. The third-order valence-corrected chi connectivity index (χ3v) is 5.62. The molecular formula is C22H20N2O6S2. The van der Waals surface area contributed by atoms with E-state index >= 15 is 0 Å². The number of benzene rings is 2. The van der Waals surface area contributed by atoms with Crippen molar-refractivity contribution in [3.8, 4) is 11.5 Å². The van der Waals surface area contributed by atoms with Gasteiger partial charge in [0.05, 0.1) is 11.5 Å². The number of ether oxygens (including phenoxy) is 2. The number of carboxylic acid groups (broad SMARTS) is 1. The fourth-order valence-corrected chi connectivity index (χ4v) is 4.03. The van der Waals surface area contributed by atoms with E-state index in [0.717, 1.165) is 22.3 Å². The van der Waals surface area contributed by atoms with E-state index in [1.54, 1.807) is 56.3 Å². The molecule has 0 spiro atoms. The van der Waals surface area contributed by atoms with Gasteiger partial charge in [0.2, 0.25) is 0 Å². The second kappa shape index (κ2) is 10.3. The third kappa shape index (κ3) is 5.45. The van der Waals surface area contributed by atoms with Crippen LogP contribution in [0.4, 0.5) is 0 Å². The minimum atomic E-state index is -1.10. The fourth-order valence-electron chi connectivity index (χ4n) is 2.85. The molecule has 1 heterocycles. The topological polar surface area (TPSA) is 105 Å². The molecule has 0 aromatic heterocycles. The summed E-state index contributed by atoms with van der Waals surface area (Å²) < 4.78 is 11.0. The lowest BCUT2D eigenvalue weighted by molar-refractivity contribution is -0.139. The van der Waals surface area contributed by atoms with E-state index in [-0.39, 0.29) is 10.1 Å². The standard InChI is InChI=1S/C22H20N2O6S2/c1-3-29-17-10-14(8-9-16(17)30-12-19(25)26)11-18-21(28)24(22(31)32-18)23-20(27)15-7-5-4-6-13(15)2/h4-11H,3,12H2,1-2H3,(H,23,27)(H,25,26)/b18-11+. The molecule has 10 heteroatoms. The Bertz CT molecular complexity index is 1120. The van der Waals surface area contributed by atoms with Crippen LogP contribution in [0.25, 0.3) is 6.08 Å². The zero-order chi connectivity index (χ0) is 23.3. The highest BCUT2D eigenvalue weighted by molar-refractivity contribution is 8.26. The summed E-state index contributed by atoms with van der Waals surface area (Å²) in [7, 11) is 0. The minimum Gasteiger partial charge on any atom is -0.490 e. The van der Waals surface area contributed by atoms with E-state index in [2.05, 4.69) is 5.43 Å². The van der Waals surface area contributed by atoms with Crippen LogP contribution >= 0.6 is 24.0 Å². The van der Waals surface area contributed by atoms with Crippen molar-refractivity contribution in [1.29, 1.82) is 0 Å². The lowest BCUT2D eigenvalue weighted by atomic mass is 10.1. The number of aryl methyl sites for hydroxylation is 1. The van der Waals surface area contributed by atoms with Gasteiger partial charge in [-0.05, 0) is 61.5 Å². The Labute approximate surface area is 194 Å². The molecule has 0 aliphatic carbocycles. The number of hydrogen-bond donors (Lipinski definition) is 2. The van der Waals surface area contributed by atoms with Crippen LogP contribution in [0.15, 0.2) is 47.4 Å². The van der Waals surface area contributed by atoms with Crippen LogP contribution in [-0.2, 0) is 9.59 Å². The summed E-state index contributed by atoms with van der Waals surface area (Å²) in [6.45, 7) is 3.44.